The van der Waals surface area contributed by atoms with Crippen molar-refractivity contribution >= 4 is 5.69 Å². The van der Waals surface area contributed by atoms with Crippen LogP contribution >= 0.6 is 0 Å². The summed E-state index contributed by atoms with van der Waals surface area (Å²) < 4.78 is 25.9. The first-order valence-electron chi connectivity index (χ1n) is 5.51. The zero-order valence-corrected chi connectivity index (χ0v) is 9.26. The molecule has 0 spiro atoms. The summed E-state index contributed by atoms with van der Waals surface area (Å²) in [5.74, 6) is -2.76. The van der Waals surface area contributed by atoms with E-state index in [-0.39, 0.29) is 5.56 Å². The molecule has 0 aromatic heterocycles. The standard InChI is InChI=1S/C12H16F2N2/c1-12(13,14)9-2-4-10(5-3-9)16-11-6-7-15-8-11/h2-5,11,15-16H,6-8H2,1H3. The Morgan fingerprint density at radius 3 is 2.50 bits per heavy atom. The van der Waals surface area contributed by atoms with Crippen LogP contribution in [0.1, 0.15) is 18.9 Å². The molecule has 0 aliphatic carbocycles. The van der Waals surface area contributed by atoms with Gasteiger partial charge in [0, 0.05) is 30.8 Å². The molecule has 2 N–H and O–H groups in total. The summed E-state index contributed by atoms with van der Waals surface area (Å²) in [6.45, 7) is 2.87. The van der Waals surface area contributed by atoms with Crippen LogP contribution in [-0.2, 0) is 5.92 Å². The number of benzene rings is 1. The molecule has 1 aromatic rings. The minimum atomic E-state index is -2.76. The van der Waals surface area contributed by atoms with E-state index in [1.54, 1.807) is 12.1 Å². The lowest BCUT2D eigenvalue weighted by Crippen LogP contribution is -2.22. The minimum absolute atomic E-state index is 0.0580. The summed E-state index contributed by atoms with van der Waals surface area (Å²) >= 11 is 0. The average molecular weight is 226 g/mol. The van der Waals surface area contributed by atoms with E-state index < -0.39 is 5.92 Å². The van der Waals surface area contributed by atoms with Gasteiger partial charge >= 0.3 is 0 Å². The normalized spacial score (nSPS) is 21.1. The third-order valence-corrected chi connectivity index (χ3v) is 2.82. The lowest BCUT2D eigenvalue weighted by molar-refractivity contribution is 0.0175. The van der Waals surface area contributed by atoms with Gasteiger partial charge in [-0.2, -0.15) is 0 Å². The maximum atomic E-state index is 13.0. The Kier molecular flexibility index (Phi) is 3.10. The van der Waals surface area contributed by atoms with Gasteiger partial charge in [0.25, 0.3) is 5.92 Å². The quantitative estimate of drug-likeness (QED) is 0.827. The SMILES string of the molecule is CC(F)(F)c1ccc(NC2CCNC2)cc1. The average Bonchev–Trinajstić information content (AvgIpc) is 2.70. The molecule has 1 unspecified atom stereocenters. The molecule has 1 atom stereocenters. The van der Waals surface area contributed by atoms with Crippen molar-refractivity contribution < 1.29 is 8.78 Å². The predicted octanol–water partition coefficient (Wildman–Crippen LogP) is 2.57. The second-order valence-electron chi connectivity index (χ2n) is 4.30. The first-order valence-corrected chi connectivity index (χ1v) is 5.51. The molecule has 88 valence electrons. The monoisotopic (exact) mass is 226 g/mol. The van der Waals surface area contributed by atoms with E-state index in [9.17, 15) is 8.78 Å². The molecule has 16 heavy (non-hydrogen) atoms. The zero-order valence-electron chi connectivity index (χ0n) is 9.26. The summed E-state index contributed by atoms with van der Waals surface area (Å²) in [4.78, 5) is 0. The molecular formula is C12H16F2N2. The van der Waals surface area contributed by atoms with Gasteiger partial charge in [0.15, 0.2) is 0 Å². The molecule has 1 saturated heterocycles. The molecule has 0 radical (unpaired) electrons. The smallest absolute Gasteiger partial charge is 0.270 e. The van der Waals surface area contributed by atoms with Crippen LogP contribution in [0.2, 0.25) is 0 Å². The summed E-state index contributed by atoms with van der Waals surface area (Å²) in [7, 11) is 0. The highest BCUT2D eigenvalue weighted by atomic mass is 19.3. The Morgan fingerprint density at radius 1 is 1.31 bits per heavy atom. The van der Waals surface area contributed by atoms with Gasteiger partial charge in [-0.15, -0.1) is 0 Å². The summed E-state index contributed by atoms with van der Waals surface area (Å²) in [5.41, 5.74) is 0.962. The molecule has 1 heterocycles. The summed E-state index contributed by atoms with van der Waals surface area (Å²) in [6.07, 6.45) is 1.08. The molecule has 0 bridgehead atoms. The highest BCUT2D eigenvalue weighted by molar-refractivity contribution is 5.46. The van der Waals surface area contributed by atoms with Crippen molar-refractivity contribution in [2.24, 2.45) is 0 Å². The van der Waals surface area contributed by atoms with Crippen LogP contribution in [0.4, 0.5) is 14.5 Å². The van der Waals surface area contributed by atoms with Crippen molar-refractivity contribution in [3.8, 4) is 0 Å². The number of halogens is 2. The molecule has 0 amide bonds. The van der Waals surface area contributed by atoms with Crippen LogP contribution in [0.25, 0.3) is 0 Å². The summed E-state index contributed by atoms with van der Waals surface area (Å²) in [6, 6.07) is 6.79. The number of anilines is 1. The van der Waals surface area contributed by atoms with E-state index in [1.165, 1.54) is 12.1 Å². The van der Waals surface area contributed by atoms with Crippen LogP contribution < -0.4 is 10.6 Å². The van der Waals surface area contributed by atoms with Crippen LogP contribution in [-0.4, -0.2) is 19.1 Å². The van der Waals surface area contributed by atoms with E-state index in [1.807, 2.05) is 0 Å². The molecule has 1 aliphatic heterocycles. The lowest BCUT2D eigenvalue weighted by Gasteiger charge is -2.15. The highest BCUT2D eigenvalue weighted by Crippen LogP contribution is 2.27. The number of hydrogen-bond acceptors (Lipinski definition) is 2. The van der Waals surface area contributed by atoms with Crippen LogP contribution in [0.5, 0.6) is 0 Å². The fourth-order valence-electron chi connectivity index (χ4n) is 1.87. The van der Waals surface area contributed by atoms with Gasteiger partial charge in [0.1, 0.15) is 0 Å². The number of alkyl halides is 2. The van der Waals surface area contributed by atoms with Gasteiger partial charge in [0.05, 0.1) is 0 Å². The van der Waals surface area contributed by atoms with E-state index >= 15 is 0 Å². The topological polar surface area (TPSA) is 24.1 Å². The van der Waals surface area contributed by atoms with E-state index in [2.05, 4.69) is 10.6 Å². The van der Waals surface area contributed by atoms with E-state index in [0.717, 1.165) is 32.1 Å². The molecule has 1 fully saturated rings. The largest absolute Gasteiger partial charge is 0.381 e. The number of rotatable bonds is 3. The van der Waals surface area contributed by atoms with Gasteiger partial charge in [-0.3, -0.25) is 0 Å². The Morgan fingerprint density at radius 2 is 2.00 bits per heavy atom. The zero-order chi connectivity index (χ0) is 11.6. The van der Waals surface area contributed by atoms with Crippen LogP contribution in [0.3, 0.4) is 0 Å². The Labute approximate surface area is 94.0 Å². The molecule has 2 nitrogen and oxygen atoms in total. The summed E-state index contributed by atoms with van der Waals surface area (Å²) in [5, 5.41) is 6.56. The van der Waals surface area contributed by atoms with Crippen molar-refractivity contribution in [1.82, 2.24) is 5.32 Å². The first kappa shape index (κ1) is 11.3. The minimum Gasteiger partial charge on any atom is -0.381 e. The van der Waals surface area contributed by atoms with Gasteiger partial charge < -0.3 is 10.6 Å². The maximum Gasteiger partial charge on any atom is 0.270 e. The Balaban J connectivity index is 2.01. The molecule has 2 rings (SSSR count). The lowest BCUT2D eigenvalue weighted by atomic mass is 10.1. The molecular weight excluding hydrogens is 210 g/mol. The van der Waals surface area contributed by atoms with Crippen molar-refractivity contribution in [3.63, 3.8) is 0 Å². The fourth-order valence-corrected chi connectivity index (χ4v) is 1.87. The number of nitrogens with one attached hydrogen (secondary N) is 2. The molecule has 1 aliphatic rings. The van der Waals surface area contributed by atoms with Crippen LogP contribution in [0, 0.1) is 0 Å². The predicted molar refractivity (Wildman–Crippen MR) is 60.9 cm³/mol. The molecule has 1 aromatic carbocycles. The third-order valence-electron chi connectivity index (χ3n) is 2.82. The van der Waals surface area contributed by atoms with E-state index in [4.69, 9.17) is 0 Å². The maximum absolute atomic E-state index is 13.0. The Bertz CT molecular complexity index is 337. The highest BCUT2D eigenvalue weighted by Gasteiger charge is 2.23. The second kappa shape index (κ2) is 4.37. The number of hydrogen-bond donors (Lipinski definition) is 2. The fraction of sp³-hybridized carbons (Fsp3) is 0.500. The van der Waals surface area contributed by atoms with Crippen molar-refractivity contribution in [2.75, 3.05) is 18.4 Å². The van der Waals surface area contributed by atoms with Gasteiger partial charge in [-0.1, -0.05) is 12.1 Å². The van der Waals surface area contributed by atoms with Gasteiger partial charge in [0.2, 0.25) is 0 Å². The van der Waals surface area contributed by atoms with Crippen molar-refractivity contribution in [2.45, 2.75) is 25.3 Å². The molecule has 4 heteroatoms. The van der Waals surface area contributed by atoms with Crippen molar-refractivity contribution in [1.29, 1.82) is 0 Å². The van der Waals surface area contributed by atoms with Gasteiger partial charge in [-0.25, -0.2) is 8.78 Å². The molecule has 0 saturated carbocycles. The third kappa shape index (κ3) is 2.70. The van der Waals surface area contributed by atoms with E-state index in [0.29, 0.717) is 6.04 Å². The Hall–Kier alpha value is -1.16. The van der Waals surface area contributed by atoms with Crippen LogP contribution in [0.15, 0.2) is 24.3 Å². The second-order valence-corrected chi connectivity index (χ2v) is 4.30. The first-order chi connectivity index (χ1) is 7.55. The van der Waals surface area contributed by atoms with Crippen molar-refractivity contribution in [3.05, 3.63) is 29.8 Å². The van der Waals surface area contributed by atoms with Gasteiger partial charge in [-0.05, 0) is 25.1 Å².